The Hall–Kier alpha value is -2.29. The van der Waals surface area contributed by atoms with Crippen molar-refractivity contribution in [2.45, 2.75) is 20.8 Å². The average Bonchev–Trinajstić information content (AvgIpc) is 2.42. The lowest BCUT2D eigenvalue weighted by Gasteiger charge is -2.22. The molecule has 0 radical (unpaired) electrons. The van der Waals surface area contributed by atoms with E-state index in [0.29, 0.717) is 17.7 Å². The maximum absolute atomic E-state index is 12.6. The molecule has 0 unspecified atom stereocenters. The third-order valence-corrected chi connectivity index (χ3v) is 3.32. The first-order valence-corrected chi connectivity index (χ1v) is 6.71. The van der Waals surface area contributed by atoms with Gasteiger partial charge in [0.15, 0.2) is 0 Å². The standard InChI is InChI=1S/C17H19NO2/c1-4-18(15-7-5-6-12(2)10-15)17(20)14-8-9-16(19)13(3)11-14/h5-11,19H,4H2,1-3H3. The molecule has 3 heteroatoms. The smallest absolute Gasteiger partial charge is 0.258 e. The molecule has 2 rings (SSSR count). The first-order valence-electron chi connectivity index (χ1n) is 6.71. The van der Waals surface area contributed by atoms with Crippen molar-refractivity contribution in [1.29, 1.82) is 0 Å². The summed E-state index contributed by atoms with van der Waals surface area (Å²) in [7, 11) is 0. The topological polar surface area (TPSA) is 40.5 Å². The zero-order chi connectivity index (χ0) is 14.7. The molecule has 104 valence electrons. The Morgan fingerprint density at radius 3 is 2.50 bits per heavy atom. The van der Waals surface area contributed by atoms with Gasteiger partial charge in [0.05, 0.1) is 0 Å². The largest absolute Gasteiger partial charge is 0.508 e. The van der Waals surface area contributed by atoms with E-state index >= 15 is 0 Å². The van der Waals surface area contributed by atoms with Gasteiger partial charge in [-0.25, -0.2) is 0 Å². The molecular formula is C17H19NO2. The molecule has 0 bridgehead atoms. The van der Waals surface area contributed by atoms with Crippen LogP contribution in [0.2, 0.25) is 0 Å². The van der Waals surface area contributed by atoms with Gasteiger partial charge in [0, 0.05) is 17.8 Å². The molecule has 0 saturated heterocycles. The Labute approximate surface area is 119 Å². The SMILES string of the molecule is CCN(C(=O)c1ccc(O)c(C)c1)c1cccc(C)c1. The highest BCUT2D eigenvalue weighted by Gasteiger charge is 2.16. The van der Waals surface area contributed by atoms with Crippen LogP contribution in [0.5, 0.6) is 5.75 Å². The molecule has 0 fully saturated rings. The average molecular weight is 269 g/mol. The Kier molecular flexibility index (Phi) is 4.08. The van der Waals surface area contributed by atoms with E-state index in [1.807, 2.05) is 38.1 Å². The minimum Gasteiger partial charge on any atom is -0.508 e. The van der Waals surface area contributed by atoms with Gasteiger partial charge in [-0.3, -0.25) is 4.79 Å². The molecule has 0 aliphatic carbocycles. The van der Waals surface area contributed by atoms with Crippen molar-refractivity contribution in [3.05, 3.63) is 59.2 Å². The second-order valence-corrected chi connectivity index (χ2v) is 4.89. The molecule has 1 N–H and O–H groups in total. The molecule has 0 atom stereocenters. The number of carbonyl (C=O) groups is 1. The number of hydrogen-bond acceptors (Lipinski definition) is 2. The van der Waals surface area contributed by atoms with Crippen LogP contribution in [0.3, 0.4) is 0 Å². The molecule has 0 aromatic heterocycles. The number of aryl methyl sites for hydroxylation is 2. The Bertz CT molecular complexity index is 635. The molecule has 1 amide bonds. The van der Waals surface area contributed by atoms with Crippen molar-refractivity contribution in [2.24, 2.45) is 0 Å². The van der Waals surface area contributed by atoms with Crippen molar-refractivity contribution in [2.75, 3.05) is 11.4 Å². The zero-order valence-corrected chi connectivity index (χ0v) is 12.1. The van der Waals surface area contributed by atoms with E-state index in [9.17, 15) is 9.90 Å². The number of aromatic hydroxyl groups is 1. The summed E-state index contributed by atoms with van der Waals surface area (Å²) in [6, 6.07) is 12.8. The van der Waals surface area contributed by atoms with E-state index in [2.05, 4.69) is 0 Å². The normalized spacial score (nSPS) is 10.3. The lowest BCUT2D eigenvalue weighted by Crippen LogP contribution is -2.30. The number of anilines is 1. The van der Waals surface area contributed by atoms with Crippen LogP contribution in [0.4, 0.5) is 5.69 Å². The summed E-state index contributed by atoms with van der Waals surface area (Å²) in [5.41, 5.74) is 3.30. The van der Waals surface area contributed by atoms with Crippen LogP contribution in [0.1, 0.15) is 28.4 Å². The van der Waals surface area contributed by atoms with Crippen LogP contribution in [0, 0.1) is 13.8 Å². The predicted octanol–water partition coefficient (Wildman–Crippen LogP) is 3.68. The summed E-state index contributed by atoms with van der Waals surface area (Å²) in [4.78, 5) is 14.3. The summed E-state index contributed by atoms with van der Waals surface area (Å²) in [6.45, 7) is 6.34. The van der Waals surface area contributed by atoms with Crippen LogP contribution in [0.15, 0.2) is 42.5 Å². The number of amides is 1. The van der Waals surface area contributed by atoms with E-state index in [-0.39, 0.29) is 11.7 Å². The minimum atomic E-state index is -0.0544. The van der Waals surface area contributed by atoms with E-state index in [0.717, 1.165) is 11.3 Å². The molecule has 0 saturated carbocycles. The van der Waals surface area contributed by atoms with Gasteiger partial charge in [-0.05, 0) is 62.2 Å². The van der Waals surface area contributed by atoms with Gasteiger partial charge in [-0.1, -0.05) is 12.1 Å². The maximum Gasteiger partial charge on any atom is 0.258 e. The number of hydrogen-bond donors (Lipinski definition) is 1. The van der Waals surface area contributed by atoms with Gasteiger partial charge >= 0.3 is 0 Å². The molecule has 3 nitrogen and oxygen atoms in total. The fourth-order valence-electron chi connectivity index (χ4n) is 2.18. The zero-order valence-electron chi connectivity index (χ0n) is 12.1. The van der Waals surface area contributed by atoms with Crippen LogP contribution in [-0.4, -0.2) is 17.6 Å². The Morgan fingerprint density at radius 2 is 1.90 bits per heavy atom. The van der Waals surface area contributed by atoms with Crippen LogP contribution in [-0.2, 0) is 0 Å². The highest BCUT2D eigenvalue weighted by Crippen LogP contribution is 2.22. The molecule has 0 aliphatic rings. The number of nitrogens with zero attached hydrogens (tertiary/aromatic N) is 1. The highest BCUT2D eigenvalue weighted by molar-refractivity contribution is 6.06. The van der Waals surface area contributed by atoms with E-state index < -0.39 is 0 Å². The number of phenols is 1. The second-order valence-electron chi connectivity index (χ2n) is 4.89. The number of phenolic OH excluding ortho intramolecular Hbond substituents is 1. The van der Waals surface area contributed by atoms with Gasteiger partial charge in [-0.2, -0.15) is 0 Å². The number of carbonyl (C=O) groups excluding carboxylic acids is 1. The Balaban J connectivity index is 2.36. The van der Waals surface area contributed by atoms with Crippen molar-refractivity contribution in [3.63, 3.8) is 0 Å². The molecule has 2 aromatic carbocycles. The van der Waals surface area contributed by atoms with E-state index in [1.54, 1.807) is 30.0 Å². The second kappa shape index (κ2) is 5.78. The number of benzene rings is 2. The quantitative estimate of drug-likeness (QED) is 0.923. The molecule has 2 aromatic rings. The first-order chi connectivity index (χ1) is 9.52. The lowest BCUT2D eigenvalue weighted by molar-refractivity contribution is 0.0988. The summed E-state index contributed by atoms with van der Waals surface area (Å²) in [5, 5.41) is 9.55. The molecule has 0 aliphatic heterocycles. The van der Waals surface area contributed by atoms with Crippen molar-refractivity contribution < 1.29 is 9.90 Å². The molecular weight excluding hydrogens is 250 g/mol. The van der Waals surface area contributed by atoms with Gasteiger partial charge < -0.3 is 10.0 Å². The van der Waals surface area contributed by atoms with E-state index in [4.69, 9.17) is 0 Å². The third-order valence-electron chi connectivity index (χ3n) is 3.32. The predicted molar refractivity (Wildman–Crippen MR) is 81.4 cm³/mol. The maximum atomic E-state index is 12.6. The Morgan fingerprint density at radius 1 is 1.15 bits per heavy atom. The summed E-state index contributed by atoms with van der Waals surface area (Å²) in [5.74, 6) is 0.154. The van der Waals surface area contributed by atoms with Crippen molar-refractivity contribution in [3.8, 4) is 5.75 Å². The lowest BCUT2D eigenvalue weighted by atomic mass is 10.1. The van der Waals surface area contributed by atoms with Crippen molar-refractivity contribution >= 4 is 11.6 Å². The van der Waals surface area contributed by atoms with Gasteiger partial charge in [0.1, 0.15) is 5.75 Å². The third kappa shape index (κ3) is 2.82. The van der Waals surface area contributed by atoms with Gasteiger partial charge in [0.2, 0.25) is 0 Å². The summed E-state index contributed by atoms with van der Waals surface area (Å²) < 4.78 is 0. The molecule has 0 spiro atoms. The van der Waals surface area contributed by atoms with Crippen LogP contribution >= 0.6 is 0 Å². The first kappa shape index (κ1) is 14.1. The van der Waals surface area contributed by atoms with Gasteiger partial charge in [-0.15, -0.1) is 0 Å². The summed E-state index contributed by atoms with van der Waals surface area (Å²) >= 11 is 0. The van der Waals surface area contributed by atoms with E-state index in [1.165, 1.54) is 0 Å². The monoisotopic (exact) mass is 269 g/mol. The highest BCUT2D eigenvalue weighted by atomic mass is 16.3. The number of rotatable bonds is 3. The fraction of sp³-hybridized carbons (Fsp3) is 0.235. The summed E-state index contributed by atoms with van der Waals surface area (Å²) in [6.07, 6.45) is 0. The fourth-order valence-corrected chi connectivity index (χ4v) is 2.18. The van der Waals surface area contributed by atoms with Crippen LogP contribution < -0.4 is 4.90 Å². The molecule has 20 heavy (non-hydrogen) atoms. The van der Waals surface area contributed by atoms with Crippen molar-refractivity contribution in [1.82, 2.24) is 0 Å². The minimum absolute atomic E-state index is 0.0544. The molecule has 0 heterocycles. The van der Waals surface area contributed by atoms with Gasteiger partial charge in [0.25, 0.3) is 5.91 Å². The van der Waals surface area contributed by atoms with Crippen LogP contribution in [0.25, 0.3) is 0 Å².